The average Bonchev–Trinajstić information content (AvgIpc) is 2.25. The van der Waals surface area contributed by atoms with Crippen LogP contribution in [0.2, 0.25) is 0 Å². The van der Waals surface area contributed by atoms with Crippen LogP contribution in [0.3, 0.4) is 0 Å². The fourth-order valence-corrected chi connectivity index (χ4v) is 2.99. The number of para-hydroxylation sites is 1. The molecule has 1 aromatic rings. The molecule has 1 nitrogen and oxygen atoms in total. The molecule has 16 heavy (non-hydrogen) atoms. The van der Waals surface area contributed by atoms with Crippen molar-refractivity contribution >= 4 is 11.8 Å². The van der Waals surface area contributed by atoms with E-state index >= 15 is 0 Å². The summed E-state index contributed by atoms with van der Waals surface area (Å²) >= 11 is 2.05. The first-order valence-corrected chi connectivity index (χ1v) is 6.90. The number of benzene rings is 1. The second kappa shape index (κ2) is 4.70. The van der Waals surface area contributed by atoms with E-state index < -0.39 is 0 Å². The van der Waals surface area contributed by atoms with E-state index in [2.05, 4.69) is 45.0 Å². The Morgan fingerprint density at radius 2 is 2.06 bits per heavy atom. The van der Waals surface area contributed by atoms with Gasteiger partial charge in [0.05, 0.1) is 6.61 Å². The van der Waals surface area contributed by atoms with Gasteiger partial charge in [-0.3, -0.25) is 0 Å². The third-order valence-electron chi connectivity index (χ3n) is 2.80. The molecule has 0 saturated carbocycles. The zero-order valence-electron chi connectivity index (χ0n) is 10.3. The standard InChI is InChI=1S/C14H20OS/c1-14(2,3)16-10-11-8-9-15-13-7-5-4-6-12(11)13/h4-7,11H,8-10H2,1-3H3. The van der Waals surface area contributed by atoms with Gasteiger partial charge in [0.15, 0.2) is 0 Å². The van der Waals surface area contributed by atoms with Gasteiger partial charge in [-0.2, -0.15) is 11.8 Å². The molecule has 0 bridgehead atoms. The van der Waals surface area contributed by atoms with E-state index in [1.54, 1.807) is 0 Å². The van der Waals surface area contributed by atoms with Crippen LogP contribution in [0.15, 0.2) is 24.3 Å². The summed E-state index contributed by atoms with van der Waals surface area (Å²) in [7, 11) is 0. The molecule has 0 saturated heterocycles. The van der Waals surface area contributed by atoms with Crippen molar-refractivity contribution < 1.29 is 4.74 Å². The van der Waals surface area contributed by atoms with Crippen LogP contribution in [0.1, 0.15) is 38.7 Å². The predicted octanol–water partition coefficient (Wildman–Crippen LogP) is 4.08. The summed E-state index contributed by atoms with van der Waals surface area (Å²) in [5.74, 6) is 2.95. The maximum Gasteiger partial charge on any atom is 0.122 e. The molecule has 0 N–H and O–H groups in total. The highest BCUT2D eigenvalue weighted by Gasteiger charge is 2.23. The average molecular weight is 236 g/mol. The van der Waals surface area contributed by atoms with E-state index in [0.29, 0.717) is 10.7 Å². The largest absolute Gasteiger partial charge is 0.493 e. The van der Waals surface area contributed by atoms with Crippen molar-refractivity contribution in [2.45, 2.75) is 37.9 Å². The monoisotopic (exact) mass is 236 g/mol. The van der Waals surface area contributed by atoms with Crippen molar-refractivity contribution in [3.05, 3.63) is 29.8 Å². The minimum absolute atomic E-state index is 0.354. The summed E-state index contributed by atoms with van der Waals surface area (Å²) in [4.78, 5) is 0. The van der Waals surface area contributed by atoms with E-state index in [4.69, 9.17) is 4.74 Å². The molecule has 1 unspecified atom stereocenters. The quantitative estimate of drug-likeness (QED) is 0.765. The fraction of sp³-hybridized carbons (Fsp3) is 0.571. The lowest BCUT2D eigenvalue weighted by Gasteiger charge is -2.28. The summed E-state index contributed by atoms with van der Waals surface area (Å²) in [6.07, 6.45) is 1.15. The van der Waals surface area contributed by atoms with Crippen molar-refractivity contribution in [1.82, 2.24) is 0 Å². The Bertz CT molecular complexity index is 354. The Morgan fingerprint density at radius 1 is 1.31 bits per heavy atom. The molecule has 2 heteroatoms. The van der Waals surface area contributed by atoms with Gasteiger partial charge in [0, 0.05) is 10.5 Å². The summed E-state index contributed by atoms with van der Waals surface area (Å²) in [6, 6.07) is 8.46. The minimum atomic E-state index is 0.354. The highest BCUT2D eigenvalue weighted by atomic mass is 32.2. The number of thioether (sulfide) groups is 1. The highest BCUT2D eigenvalue weighted by Crippen LogP contribution is 2.37. The van der Waals surface area contributed by atoms with Gasteiger partial charge in [-0.25, -0.2) is 0 Å². The molecule has 0 spiro atoms. The summed E-state index contributed by atoms with van der Waals surface area (Å²) in [5, 5.41) is 0. The fourth-order valence-electron chi connectivity index (χ4n) is 1.94. The second-order valence-electron chi connectivity index (χ2n) is 5.30. The lowest BCUT2D eigenvalue weighted by molar-refractivity contribution is 0.273. The third kappa shape index (κ3) is 2.94. The summed E-state index contributed by atoms with van der Waals surface area (Å²) in [5.41, 5.74) is 1.39. The second-order valence-corrected chi connectivity index (χ2v) is 7.14. The normalized spacial score (nSPS) is 20.1. The van der Waals surface area contributed by atoms with Gasteiger partial charge in [-0.05, 0) is 24.0 Å². The van der Waals surface area contributed by atoms with E-state index in [1.807, 2.05) is 11.8 Å². The molecular weight excluding hydrogens is 216 g/mol. The first-order chi connectivity index (χ1) is 7.56. The molecule has 1 aromatic carbocycles. The molecule has 1 aliphatic rings. The van der Waals surface area contributed by atoms with E-state index in [0.717, 1.165) is 18.8 Å². The lowest BCUT2D eigenvalue weighted by Crippen LogP contribution is -2.18. The summed E-state index contributed by atoms with van der Waals surface area (Å²) < 4.78 is 6.03. The molecule has 0 fully saturated rings. The van der Waals surface area contributed by atoms with Crippen LogP contribution in [0, 0.1) is 0 Å². The smallest absolute Gasteiger partial charge is 0.122 e. The number of fused-ring (bicyclic) bond motifs is 1. The maximum atomic E-state index is 5.68. The van der Waals surface area contributed by atoms with Gasteiger partial charge in [0.1, 0.15) is 5.75 Å². The zero-order chi connectivity index (χ0) is 11.6. The number of ether oxygens (including phenoxy) is 1. The Kier molecular flexibility index (Phi) is 3.48. The molecule has 0 radical (unpaired) electrons. The Hall–Kier alpha value is -0.630. The third-order valence-corrected chi connectivity index (χ3v) is 4.24. The van der Waals surface area contributed by atoms with Crippen LogP contribution in [0.5, 0.6) is 5.75 Å². The van der Waals surface area contributed by atoms with Crippen molar-refractivity contribution in [3.8, 4) is 5.75 Å². The van der Waals surface area contributed by atoms with Gasteiger partial charge in [0.2, 0.25) is 0 Å². The van der Waals surface area contributed by atoms with Crippen molar-refractivity contribution in [2.75, 3.05) is 12.4 Å². The minimum Gasteiger partial charge on any atom is -0.493 e. The summed E-state index contributed by atoms with van der Waals surface area (Å²) in [6.45, 7) is 7.71. The number of rotatable bonds is 2. The van der Waals surface area contributed by atoms with E-state index in [9.17, 15) is 0 Å². The predicted molar refractivity (Wildman–Crippen MR) is 71.5 cm³/mol. The van der Waals surface area contributed by atoms with Crippen LogP contribution in [-0.2, 0) is 0 Å². The van der Waals surface area contributed by atoms with Gasteiger partial charge in [-0.1, -0.05) is 39.0 Å². The van der Waals surface area contributed by atoms with Crippen molar-refractivity contribution in [2.24, 2.45) is 0 Å². The van der Waals surface area contributed by atoms with Gasteiger partial charge in [0.25, 0.3) is 0 Å². The zero-order valence-corrected chi connectivity index (χ0v) is 11.1. The first-order valence-electron chi connectivity index (χ1n) is 5.92. The van der Waals surface area contributed by atoms with Gasteiger partial charge < -0.3 is 4.74 Å². The molecule has 1 heterocycles. The van der Waals surface area contributed by atoms with Crippen molar-refractivity contribution in [3.63, 3.8) is 0 Å². The van der Waals surface area contributed by atoms with Gasteiger partial charge in [-0.15, -0.1) is 0 Å². The highest BCUT2D eigenvalue weighted by molar-refractivity contribution is 8.00. The van der Waals surface area contributed by atoms with Crippen LogP contribution >= 0.6 is 11.8 Å². The molecule has 0 aromatic heterocycles. The lowest BCUT2D eigenvalue weighted by atomic mass is 9.95. The SMILES string of the molecule is CC(C)(C)SCC1CCOc2ccccc21. The molecule has 1 atom stereocenters. The maximum absolute atomic E-state index is 5.68. The van der Waals surface area contributed by atoms with Crippen LogP contribution < -0.4 is 4.74 Å². The molecular formula is C14H20OS. The van der Waals surface area contributed by atoms with Crippen LogP contribution in [0.25, 0.3) is 0 Å². The Labute approximate surface area is 103 Å². The number of hydrogen-bond donors (Lipinski definition) is 0. The Balaban J connectivity index is 2.07. The van der Waals surface area contributed by atoms with E-state index in [-0.39, 0.29) is 0 Å². The Morgan fingerprint density at radius 3 is 2.81 bits per heavy atom. The molecule has 2 rings (SSSR count). The van der Waals surface area contributed by atoms with Crippen molar-refractivity contribution in [1.29, 1.82) is 0 Å². The first kappa shape index (κ1) is 11.8. The molecule has 1 aliphatic heterocycles. The molecule has 0 aliphatic carbocycles. The van der Waals surface area contributed by atoms with Crippen LogP contribution in [-0.4, -0.2) is 17.1 Å². The molecule has 88 valence electrons. The van der Waals surface area contributed by atoms with Crippen LogP contribution in [0.4, 0.5) is 0 Å². The van der Waals surface area contributed by atoms with Gasteiger partial charge >= 0.3 is 0 Å². The molecule has 0 amide bonds. The topological polar surface area (TPSA) is 9.23 Å². The van der Waals surface area contributed by atoms with E-state index in [1.165, 1.54) is 11.3 Å². The number of hydrogen-bond acceptors (Lipinski definition) is 2.